The Kier molecular flexibility index (Phi) is 12.7. The van der Waals surface area contributed by atoms with Gasteiger partial charge in [-0.15, -0.1) is 0 Å². The Balaban J connectivity index is 1.77. The van der Waals surface area contributed by atoms with Crippen molar-refractivity contribution in [3.8, 4) is 0 Å². The highest BCUT2D eigenvalue weighted by atomic mass is 28.4. The van der Waals surface area contributed by atoms with E-state index in [1.54, 1.807) is 0 Å². The third-order valence-electron chi connectivity index (χ3n) is 7.84. The fourth-order valence-electron chi connectivity index (χ4n) is 5.54. The molecule has 7 nitrogen and oxygen atoms in total. The minimum atomic E-state index is -2.07. The zero-order chi connectivity index (χ0) is 31.4. The molecule has 0 spiro atoms. The maximum Gasteiger partial charge on any atom is 0.254 e. The first-order valence-electron chi connectivity index (χ1n) is 15.7. The van der Waals surface area contributed by atoms with E-state index in [1.165, 1.54) is 0 Å². The molecule has 1 unspecified atom stereocenters. The van der Waals surface area contributed by atoms with Crippen molar-refractivity contribution in [3.63, 3.8) is 0 Å². The molecular formula is C36H49NO6Si. The second kappa shape index (κ2) is 16.5. The summed E-state index contributed by atoms with van der Waals surface area (Å²) >= 11 is 0. The lowest BCUT2D eigenvalue weighted by atomic mass is 9.88. The van der Waals surface area contributed by atoms with Crippen LogP contribution < -0.4 is 0 Å². The van der Waals surface area contributed by atoms with Crippen LogP contribution in [-0.2, 0) is 48.0 Å². The summed E-state index contributed by atoms with van der Waals surface area (Å²) in [5.74, 6) is -0.123. The van der Waals surface area contributed by atoms with Crippen molar-refractivity contribution >= 4 is 14.2 Å². The van der Waals surface area contributed by atoms with E-state index in [0.717, 1.165) is 16.7 Å². The molecule has 0 radical (unpaired) electrons. The molecule has 1 amide bonds. The van der Waals surface area contributed by atoms with Gasteiger partial charge < -0.3 is 28.3 Å². The Hall–Kier alpha value is -2.85. The fourth-order valence-corrected chi connectivity index (χ4v) is 7.20. The van der Waals surface area contributed by atoms with Gasteiger partial charge in [0.1, 0.15) is 12.2 Å². The van der Waals surface area contributed by atoms with E-state index < -0.39 is 32.2 Å². The highest BCUT2D eigenvalue weighted by Crippen LogP contribution is 2.34. The molecule has 3 aromatic rings. The van der Waals surface area contributed by atoms with Crippen molar-refractivity contribution in [1.82, 2.24) is 4.90 Å². The first kappa shape index (κ1) is 34.0. The normalized spacial score (nSPS) is 17.4. The van der Waals surface area contributed by atoms with Crippen LogP contribution >= 0.6 is 0 Å². The fraction of sp³-hybridized carbons (Fsp3) is 0.472. The number of amides is 1. The van der Waals surface area contributed by atoms with E-state index in [0.29, 0.717) is 45.9 Å². The largest absolute Gasteiger partial charge is 0.410 e. The molecule has 0 saturated carbocycles. The molecule has 4 rings (SSSR count). The number of hydrogen-bond acceptors (Lipinski definition) is 6. The van der Waals surface area contributed by atoms with Crippen LogP contribution in [0.2, 0.25) is 19.6 Å². The van der Waals surface area contributed by atoms with Gasteiger partial charge in [0.25, 0.3) is 5.91 Å². The van der Waals surface area contributed by atoms with Crippen LogP contribution in [0.4, 0.5) is 0 Å². The van der Waals surface area contributed by atoms with E-state index in [9.17, 15) is 4.79 Å². The van der Waals surface area contributed by atoms with Crippen molar-refractivity contribution < 1.29 is 28.2 Å². The maximum absolute atomic E-state index is 14.4. The molecule has 1 fully saturated rings. The first-order chi connectivity index (χ1) is 21.2. The van der Waals surface area contributed by atoms with Crippen LogP contribution in [0.1, 0.15) is 37.0 Å². The Morgan fingerprint density at radius 1 is 0.773 bits per heavy atom. The zero-order valence-electron chi connectivity index (χ0n) is 26.9. The molecule has 1 saturated heterocycles. The Morgan fingerprint density at radius 3 is 1.68 bits per heavy atom. The van der Waals surface area contributed by atoms with Crippen LogP contribution in [0.25, 0.3) is 0 Å². The summed E-state index contributed by atoms with van der Waals surface area (Å²) in [6.07, 6.45) is -1.65. The summed E-state index contributed by atoms with van der Waals surface area (Å²) in [4.78, 5) is 16.3. The zero-order valence-corrected chi connectivity index (χ0v) is 27.9. The van der Waals surface area contributed by atoms with Crippen LogP contribution in [0.15, 0.2) is 91.0 Å². The van der Waals surface area contributed by atoms with Crippen molar-refractivity contribution in [2.24, 2.45) is 0 Å². The molecule has 238 valence electrons. The van der Waals surface area contributed by atoms with Gasteiger partial charge in [-0.05, 0) is 49.7 Å². The summed E-state index contributed by atoms with van der Waals surface area (Å²) in [6, 6.07) is 30.0. The molecule has 1 aliphatic rings. The molecular weight excluding hydrogens is 570 g/mol. The van der Waals surface area contributed by atoms with Crippen molar-refractivity contribution in [3.05, 3.63) is 108 Å². The van der Waals surface area contributed by atoms with Crippen molar-refractivity contribution in [2.45, 2.75) is 83.6 Å². The topological polar surface area (TPSA) is 66.5 Å². The number of rotatable bonds is 16. The van der Waals surface area contributed by atoms with Crippen LogP contribution in [-0.4, -0.2) is 69.3 Å². The molecule has 8 heteroatoms. The number of carbonyl (C=O) groups is 1. The molecule has 0 aliphatic carbocycles. The molecule has 0 aromatic heterocycles. The molecule has 1 heterocycles. The molecule has 4 atom stereocenters. The first-order valence-corrected chi connectivity index (χ1v) is 19.1. The predicted octanol–water partition coefficient (Wildman–Crippen LogP) is 6.62. The van der Waals surface area contributed by atoms with Crippen LogP contribution in [0, 0.1) is 0 Å². The Bertz CT molecular complexity index is 1250. The maximum atomic E-state index is 14.4. The SMILES string of the molecule is CCC(C)(O[Si](C)(C)C)[C@@H](OCc1ccccc1)[C@H](OCc1ccccc1)[C@@H](OCc1ccccc1)C(=O)N1CCOCC1. The Labute approximate surface area is 264 Å². The summed E-state index contributed by atoms with van der Waals surface area (Å²) < 4.78 is 32.8. The quantitative estimate of drug-likeness (QED) is 0.168. The van der Waals surface area contributed by atoms with Crippen LogP contribution in [0.5, 0.6) is 0 Å². The van der Waals surface area contributed by atoms with Gasteiger partial charge >= 0.3 is 0 Å². The third kappa shape index (κ3) is 10.1. The molecule has 3 aromatic carbocycles. The number of morpholine rings is 1. The number of ether oxygens (including phenoxy) is 4. The standard InChI is InChI=1S/C36H49NO6Si/c1-6-36(2,43-44(3,4)5)34(42-28-31-20-14-9-15-21-31)32(40-26-29-16-10-7-11-17-29)33(35(38)37-22-24-39-25-23-37)41-27-30-18-12-8-13-19-30/h7-21,32-34H,6,22-28H2,1-5H3/t32-,33-,34+,36?/m1/s1. The second-order valence-electron chi connectivity index (χ2n) is 12.5. The van der Waals surface area contributed by atoms with E-state index in [1.807, 2.05) is 95.9 Å². The monoisotopic (exact) mass is 619 g/mol. The number of hydrogen-bond donors (Lipinski definition) is 0. The molecule has 0 bridgehead atoms. The lowest BCUT2D eigenvalue weighted by molar-refractivity contribution is -0.207. The third-order valence-corrected chi connectivity index (χ3v) is 8.91. The highest BCUT2D eigenvalue weighted by Gasteiger charge is 2.49. The number of carbonyl (C=O) groups excluding carboxylic acids is 1. The average Bonchev–Trinajstić information content (AvgIpc) is 3.04. The van der Waals surface area contributed by atoms with Gasteiger partial charge in [0, 0.05) is 13.1 Å². The lowest BCUT2D eigenvalue weighted by Gasteiger charge is -2.46. The number of nitrogens with zero attached hydrogens (tertiary/aromatic N) is 1. The van der Waals surface area contributed by atoms with Gasteiger partial charge in [-0.1, -0.05) is 97.9 Å². The van der Waals surface area contributed by atoms with Gasteiger partial charge in [0.15, 0.2) is 14.4 Å². The molecule has 1 aliphatic heterocycles. The summed E-state index contributed by atoms with van der Waals surface area (Å²) in [5.41, 5.74) is 2.27. The van der Waals surface area contributed by atoms with Gasteiger partial charge in [0.05, 0.1) is 38.6 Å². The van der Waals surface area contributed by atoms with E-state index in [2.05, 4.69) is 33.5 Å². The van der Waals surface area contributed by atoms with Gasteiger partial charge in [-0.2, -0.15) is 0 Å². The lowest BCUT2D eigenvalue weighted by Crippen LogP contribution is -2.61. The van der Waals surface area contributed by atoms with E-state index in [4.69, 9.17) is 23.4 Å². The van der Waals surface area contributed by atoms with Crippen molar-refractivity contribution in [2.75, 3.05) is 26.3 Å². The summed E-state index contributed by atoms with van der Waals surface area (Å²) in [6.45, 7) is 13.6. The number of benzene rings is 3. The van der Waals surface area contributed by atoms with E-state index >= 15 is 0 Å². The van der Waals surface area contributed by atoms with Gasteiger partial charge in [-0.25, -0.2) is 0 Å². The van der Waals surface area contributed by atoms with Gasteiger partial charge in [0.2, 0.25) is 0 Å². The minimum absolute atomic E-state index is 0.123. The second-order valence-corrected chi connectivity index (χ2v) is 16.9. The molecule has 0 N–H and O–H groups in total. The van der Waals surface area contributed by atoms with Crippen molar-refractivity contribution in [1.29, 1.82) is 0 Å². The van der Waals surface area contributed by atoms with E-state index in [-0.39, 0.29) is 12.5 Å². The average molecular weight is 620 g/mol. The van der Waals surface area contributed by atoms with Gasteiger partial charge in [-0.3, -0.25) is 4.79 Å². The smallest absolute Gasteiger partial charge is 0.254 e. The summed E-state index contributed by atoms with van der Waals surface area (Å²) in [5, 5.41) is 0. The Morgan fingerprint density at radius 2 is 1.23 bits per heavy atom. The molecule has 44 heavy (non-hydrogen) atoms. The minimum Gasteiger partial charge on any atom is -0.410 e. The highest BCUT2D eigenvalue weighted by molar-refractivity contribution is 6.69. The van der Waals surface area contributed by atoms with Crippen LogP contribution in [0.3, 0.4) is 0 Å². The predicted molar refractivity (Wildman–Crippen MR) is 176 cm³/mol. The summed E-state index contributed by atoms with van der Waals surface area (Å²) in [7, 11) is -2.07.